The molecular formula is C16H20ClN3O. The molecule has 2 rings (SSSR count). The van der Waals surface area contributed by atoms with Crippen LogP contribution in [-0.4, -0.2) is 16.5 Å². The monoisotopic (exact) mass is 305 g/mol. The first-order valence-electron chi connectivity index (χ1n) is 7.25. The standard InChI is InChI=1S/C16H20ClN3O/c1-3-5-14-15(18-10-4-2)19-11-20-16(14)21-13-8-6-12(17)7-9-13/h6-9,11H,3-5,10H2,1-2H3,(H,18,19,20). The summed E-state index contributed by atoms with van der Waals surface area (Å²) in [6, 6.07) is 7.26. The number of nitrogens with zero attached hydrogens (tertiary/aromatic N) is 2. The minimum atomic E-state index is 0.604. The average molecular weight is 306 g/mol. The highest BCUT2D eigenvalue weighted by molar-refractivity contribution is 6.30. The molecule has 0 fully saturated rings. The predicted octanol–water partition coefficient (Wildman–Crippen LogP) is 4.70. The van der Waals surface area contributed by atoms with Crippen molar-refractivity contribution in [2.45, 2.75) is 33.1 Å². The van der Waals surface area contributed by atoms with Crippen LogP contribution in [-0.2, 0) is 6.42 Å². The molecule has 0 saturated carbocycles. The third kappa shape index (κ3) is 4.33. The molecule has 0 amide bonds. The maximum atomic E-state index is 5.89. The summed E-state index contributed by atoms with van der Waals surface area (Å²) in [4.78, 5) is 8.61. The van der Waals surface area contributed by atoms with Crippen molar-refractivity contribution in [1.29, 1.82) is 0 Å². The van der Waals surface area contributed by atoms with E-state index in [9.17, 15) is 0 Å². The molecule has 1 N–H and O–H groups in total. The molecule has 0 atom stereocenters. The molecule has 21 heavy (non-hydrogen) atoms. The van der Waals surface area contributed by atoms with Crippen LogP contribution in [0.2, 0.25) is 5.02 Å². The Morgan fingerprint density at radius 1 is 1.10 bits per heavy atom. The van der Waals surface area contributed by atoms with Crippen LogP contribution >= 0.6 is 11.6 Å². The van der Waals surface area contributed by atoms with Gasteiger partial charge in [-0.05, 0) is 37.1 Å². The van der Waals surface area contributed by atoms with Crippen molar-refractivity contribution in [1.82, 2.24) is 9.97 Å². The number of rotatable bonds is 7. The largest absolute Gasteiger partial charge is 0.439 e. The van der Waals surface area contributed by atoms with Gasteiger partial charge in [-0.3, -0.25) is 0 Å². The van der Waals surface area contributed by atoms with Crippen LogP contribution < -0.4 is 10.1 Å². The molecule has 2 aromatic rings. The molecule has 1 aromatic heterocycles. The first kappa shape index (κ1) is 15.6. The van der Waals surface area contributed by atoms with Crippen molar-refractivity contribution in [2.24, 2.45) is 0 Å². The first-order valence-corrected chi connectivity index (χ1v) is 7.63. The van der Waals surface area contributed by atoms with Crippen LogP contribution in [0.1, 0.15) is 32.3 Å². The number of hydrogen-bond donors (Lipinski definition) is 1. The molecule has 0 bridgehead atoms. The topological polar surface area (TPSA) is 47.0 Å². The maximum absolute atomic E-state index is 5.89. The van der Waals surface area contributed by atoms with Crippen molar-refractivity contribution in [2.75, 3.05) is 11.9 Å². The van der Waals surface area contributed by atoms with E-state index in [2.05, 4.69) is 29.1 Å². The second kappa shape index (κ2) is 7.84. The molecule has 112 valence electrons. The summed E-state index contributed by atoms with van der Waals surface area (Å²) in [7, 11) is 0. The molecule has 0 aliphatic carbocycles. The number of anilines is 1. The molecule has 0 radical (unpaired) electrons. The summed E-state index contributed by atoms with van der Waals surface area (Å²) in [5.74, 6) is 2.18. The van der Waals surface area contributed by atoms with E-state index in [0.717, 1.165) is 42.9 Å². The lowest BCUT2D eigenvalue weighted by molar-refractivity contribution is 0.454. The second-order valence-electron chi connectivity index (χ2n) is 4.74. The molecule has 0 spiro atoms. The van der Waals surface area contributed by atoms with Gasteiger partial charge in [-0.1, -0.05) is 31.9 Å². The highest BCUT2D eigenvalue weighted by atomic mass is 35.5. The lowest BCUT2D eigenvalue weighted by Crippen LogP contribution is -2.07. The molecular weight excluding hydrogens is 286 g/mol. The van der Waals surface area contributed by atoms with Gasteiger partial charge in [0.25, 0.3) is 0 Å². The number of nitrogens with one attached hydrogen (secondary N) is 1. The summed E-state index contributed by atoms with van der Waals surface area (Å²) in [5, 5.41) is 4.02. The van der Waals surface area contributed by atoms with Gasteiger partial charge in [0.2, 0.25) is 5.88 Å². The van der Waals surface area contributed by atoms with Crippen LogP contribution in [0.15, 0.2) is 30.6 Å². The summed E-state index contributed by atoms with van der Waals surface area (Å²) >= 11 is 5.89. The van der Waals surface area contributed by atoms with E-state index in [1.54, 1.807) is 12.1 Å². The van der Waals surface area contributed by atoms with E-state index in [1.165, 1.54) is 6.33 Å². The van der Waals surface area contributed by atoms with E-state index in [0.29, 0.717) is 10.9 Å². The summed E-state index contributed by atoms with van der Waals surface area (Å²) in [6.45, 7) is 5.13. The Bertz CT molecular complexity index is 572. The Morgan fingerprint density at radius 2 is 1.86 bits per heavy atom. The van der Waals surface area contributed by atoms with Gasteiger partial charge in [0.05, 0.1) is 5.56 Å². The highest BCUT2D eigenvalue weighted by Crippen LogP contribution is 2.28. The Kier molecular flexibility index (Phi) is 5.81. The smallest absolute Gasteiger partial charge is 0.227 e. The SMILES string of the molecule is CCCNc1ncnc(Oc2ccc(Cl)cc2)c1CCC. The third-order valence-corrected chi connectivity index (χ3v) is 3.23. The van der Waals surface area contributed by atoms with Crippen LogP contribution in [0.3, 0.4) is 0 Å². The van der Waals surface area contributed by atoms with Crippen LogP contribution in [0.4, 0.5) is 5.82 Å². The number of ether oxygens (including phenoxy) is 1. The van der Waals surface area contributed by atoms with Crippen molar-refractivity contribution in [3.8, 4) is 11.6 Å². The third-order valence-electron chi connectivity index (χ3n) is 2.98. The second-order valence-corrected chi connectivity index (χ2v) is 5.18. The fourth-order valence-corrected chi connectivity index (χ4v) is 2.10. The van der Waals surface area contributed by atoms with Gasteiger partial charge < -0.3 is 10.1 Å². The van der Waals surface area contributed by atoms with Gasteiger partial charge >= 0.3 is 0 Å². The van der Waals surface area contributed by atoms with Gasteiger partial charge in [0.15, 0.2) is 0 Å². The lowest BCUT2D eigenvalue weighted by Gasteiger charge is -2.14. The van der Waals surface area contributed by atoms with E-state index in [-0.39, 0.29) is 0 Å². The summed E-state index contributed by atoms with van der Waals surface area (Å²) < 4.78 is 5.89. The van der Waals surface area contributed by atoms with Gasteiger partial charge in [-0.2, -0.15) is 0 Å². The van der Waals surface area contributed by atoms with E-state index >= 15 is 0 Å². The molecule has 0 aliphatic heterocycles. The predicted molar refractivity (Wildman–Crippen MR) is 86.3 cm³/mol. The van der Waals surface area contributed by atoms with E-state index in [4.69, 9.17) is 16.3 Å². The van der Waals surface area contributed by atoms with Crippen molar-refractivity contribution in [3.63, 3.8) is 0 Å². The average Bonchev–Trinajstić information content (AvgIpc) is 2.50. The van der Waals surface area contributed by atoms with E-state index in [1.807, 2.05) is 12.1 Å². The van der Waals surface area contributed by atoms with Gasteiger partial charge in [-0.15, -0.1) is 0 Å². The Hall–Kier alpha value is -1.81. The number of aromatic nitrogens is 2. The van der Waals surface area contributed by atoms with Gasteiger partial charge in [0, 0.05) is 11.6 Å². The number of hydrogen-bond acceptors (Lipinski definition) is 4. The van der Waals surface area contributed by atoms with Crippen molar-refractivity contribution < 1.29 is 4.74 Å². The minimum Gasteiger partial charge on any atom is -0.439 e. The summed E-state index contributed by atoms with van der Waals surface area (Å²) in [5.41, 5.74) is 1.02. The minimum absolute atomic E-state index is 0.604. The Labute approximate surface area is 130 Å². The zero-order valence-electron chi connectivity index (χ0n) is 12.4. The van der Waals surface area contributed by atoms with Crippen molar-refractivity contribution in [3.05, 3.63) is 41.2 Å². The molecule has 0 saturated heterocycles. The lowest BCUT2D eigenvalue weighted by atomic mass is 10.1. The maximum Gasteiger partial charge on any atom is 0.227 e. The summed E-state index contributed by atoms with van der Waals surface area (Å²) in [6.07, 6.45) is 4.45. The molecule has 5 heteroatoms. The quantitative estimate of drug-likeness (QED) is 0.805. The highest BCUT2D eigenvalue weighted by Gasteiger charge is 2.12. The van der Waals surface area contributed by atoms with Gasteiger partial charge in [0.1, 0.15) is 17.9 Å². The fourth-order valence-electron chi connectivity index (χ4n) is 1.97. The zero-order valence-corrected chi connectivity index (χ0v) is 13.2. The Morgan fingerprint density at radius 3 is 2.52 bits per heavy atom. The first-order chi connectivity index (χ1) is 10.2. The fraction of sp³-hybridized carbons (Fsp3) is 0.375. The van der Waals surface area contributed by atoms with Crippen LogP contribution in [0.5, 0.6) is 11.6 Å². The number of benzene rings is 1. The van der Waals surface area contributed by atoms with Crippen molar-refractivity contribution >= 4 is 17.4 Å². The molecule has 0 aliphatic rings. The number of halogens is 1. The molecule has 1 aromatic carbocycles. The zero-order chi connectivity index (χ0) is 15.1. The van der Waals surface area contributed by atoms with E-state index < -0.39 is 0 Å². The van der Waals surface area contributed by atoms with Crippen LogP contribution in [0.25, 0.3) is 0 Å². The molecule has 4 nitrogen and oxygen atoms in total. The molecule has 1 heterocycles. The van der Waals surface area contributed by atoms with Gasteiger partial charge in [-0.25, -0.2) is 9.97 Å². The Balaban J connectivity index is 2.26. The normalized spacial score (nSPS) is 10.4. The van der Waals surface area contributed by atoms with Crippen LogP contribution in [0, 0.1) is 0 Å². The molecule has 0 unspecified atom stereocenters.